The highest BCUT2D eigenvalue weighted by molar-refractivity contribution is 5.95. The van der Waals surface area contributed by atoms with Crippen molar-refractivity contribution in [1.82, 2.24) is 15.5 Å². The van der Waals surface area contributed by atoms with Crippen LogP contribution in [0.3, 0.4) is 0 Å². The van der Waals surface area contributed by atoms with Crippen LogP contribution in [-0.4, -0.2) is 52.9 Å². The highest BCUT2D eigenvalue weighted by Gasteiger charge is 2.44. The van der Waals surface area contributed by atoms with Crippen molar-refractivity contribution in [2.75, 3.05) is 6.54 Å². The summed E-state index contributed by atoms with van der Waals surface area (Å²) in [5.74, 6) is -1.64. The normalized spacial score (nSPS) is 14.9. The molecule has 0 aliphatic heterocycles. The minimum Gasteiger partial charge on any atom is -0.444 e. The first-order valence-electron chi connectivity index (χ1n) is 12.1. The van der Waals surface area contributed by atoms with Crippen molar-refractivity contribution < 1.29 is 23.9 Å². The van der Waals surface area contributed by atoms with Gasteiger partial charge in [-0.3, -0.25) is 14.4 Å². The molecule has 1 aromatic rings. The molecular formula is C26H38N4O5. The van der Waals surface area contributed by atoms with E-state index < -0.39 is 42.0 Å². The van der Waals surface area contributed by atoms with Crippen molar-refractivity contribution in [3.63, 3.8) is 0 Å². The van der Waals surface area contributed by atoms with Crippen LogP contribution in [0, 0.1) is 0 Å². The van der Waals surface area contributed by atoms with Gasteiger partial charge in [0.05, 0.1) is 6.42 Å². The van der Waals surface area contributed by atoms with Crippen LogP contribution >= 0.6 is 0 Å². The van der Waals surface area contributed by atoms with Crippen molar-refractivity contribution in [2.45, 2.75) is 83.5 Å². The number of nitrogens with zero attached hydrogens (tertiary/aromatic N) is 1. The van der Waals surface area contributed by atoms with Crippen LogP contribution in [0.15, 0.2) is 30.8 Å². The van der Waals surface area contributed by atoms with Crippen LogP contribution in [0.25, 0.3) is 6.08 Å². The van der Waals surface area contributed by atoms with E-state index in [9.17, 15) is 19.2 Å². The van der Waals surface area contributed by atoms with E-state index in [0.717, 1.165) is 18.4 Å². The van der Waals surface area contributed by atoms with Crippen LogP contribution in [0.4, 0.5) is 4.79 Å². The van der Waals surface area contributed by atoms with Gasteiger partial charge in [-0.05, 0) is 57.2 Å². The Kier molecular flexibility index (Phi) is 9.86. The summed E-state index contributed by atoms with van der Waals surface area (Å²) in [6.07, 6.45) is 3.53. The van der Waals surface area contributed by atoms with E-state index in [1.54, 1.807) is 39.0 Å². The average Bonchev–Trinajstić information content (AvgIpc) is 3.60. The van der Waals surface area contributed by atoms with Crippen LogP contribution in [-0.2, 0) is 19.1 Å². The standard InChI is InChI=1S/C26H38N4O5/c1-6-8-14-28-23(32)22(18-11-9-10-17(7-2)15-18)30(19-12-13-19)24(33)20(16-21(27)31)29-25(34)35-26(3,4)5/h7,9-11,15,19-20,22H,2,6,8,12-14,16H2,1,3-5H3,(H2,27,31)(H,28,32)(H,29,34). The minimum absolute atomic E-state index is 0.201. The maximum atomic E-state index is 13.8. The molecule has 2 unspecified atom stereocenters. The molecule has 9 heteroatoms. The largest absolute Gasteiger partial charge is 0.444 e. The van der Waals surface area contributed by atoms with Crippen molar-refractivity contribution in [2.24, 2.45) is 5.73 Å². The Morgan fingerprint density at radius 1 is 1.26 bits per heavy atom. The number of hydrogen-bond acceptors (Lipinski definition) is 5. The van der Waals surface area contributed by atoms with E-state index in [-0.39, 0.29) is 11.9 Å². The smallest absolute Gasteiger partial charge is 0.408 e. The van der Waals surface area contributed by atoms with Gasteiger partial charge in [-0.15, -0.1) is 0 Å². The van der Waals surface area contributed by atoms with E-state index in [2.05, 4.69) is 17.2 Å². The Morgan fingerprint density at radius 3 is 2.49 bits per heavy atom. The second kappa shape index (κ2) is 12.4. The molecule has 2 rings (SSSR count). The average molecular weight is 487 g/mol. The van der Waals surface area contributed by atoms with Gasteiger partial charge in [-0.25, -0.2) is 4.79 Å². The maximum absolute atomic E-state index is 13.8. The van der Waals surface area contributed by atoms with Gasteiger partial charge in [0.2, 0.25) is 17.7 Å². The van der Waals surface area contributed by atoms with Crippen LogP contribution in [0.5, 0.6) is 0 Å². The molecule has 0 radical (unpaired) electrons. The molecule has 1 aliphatic rings. The Hall–Kier alpha value is -3.36. The van der Waals surface area contributed by atoms with Crippen molar-refractivity contribution >= 4 is 29.9 Å². The number of benzene rings is 1. The number of nitrogens with two attached hydrogens (primary N) is 1. The lowest BCUT2D eigenvalue weighted by molar-refractivity contribution is -0.144. The van der Waals surface area contributed by atoms with Gasteiger partial charge in [0.15, 0.2) is 0 Å². The summed E-state index contributed by atoms with van der Waals surface area (Å²) < 4.78 is 5.28. The lowest BCUT2D eigenvalue weighted by Gasteiger charge is -2.34. The summed E-state index contributed by atoms with van der Waals surface area (Å²) in [4.78, 5) is 52.9. The van der Waals surface area contributed by atoms with Gasteiger partial charge in [-0.1, -0.05) is 44.2 Å². The molecule has 1 saturated carbocycles. The molecule has 0 heterocycles. The third-order valence-electron chi connectivity index (χ3n) is 5.41. The highest BCUT2D eigenvalue weighted by atomic mass is 16.6. The number of amides is 4. The first-order valence-corrected chi connectivity index (χ1v) is 12.1. The predicted molar refractivity (Wildman–Crippen MR) is 134 cm³/mol. The molecule has 0 spiro atoms. The molecule has 1 aromatic carbocycles. The number of nitrogens with one attached hydrogen (secondary N) is 2. The summed E-state index contributed by atoms with van der Waals surface area (Å²) >= 11 is 0. The van der Waals surface area contributed by atoms with Gasteiger partial charge in [0.1, 0.15) is 17.7 Å². The second-order valence-corrected chi connectivity index (χ2v) is 9.77. The number of ether oxygens (including phenoxy) is 1. The molecule has 9 nitrogen and oxygen atoms in total. The van der Waals surface area contributed by atoms with E-state index in [0.29, 0.717) is 24.9 Å². The Morgan fingerprint density at radius 2 is 1.94 bits per heavy atom. The summed E-state index contributed by atoms with van der Waals surface area (Å²) in [6, 6.07) is 4.83. The number of alkyl carbamates (subject to hydrolysis) is 1. The van der Waals surface area contributed by atoms with E-state index in [1.165, 1.54) is 4.90 Å². The summed E-state index contributed by atoms with van der Waals surface area (Å²) in [5, 5.41) is 5.41. The quantitative estimate of drug-likeness (QED) is 0.391. The Balaban J connectivity index is 2.44. The van der Waals surface area contributed by atoms with E-state index in [4.69, 9.17) is 10.5 Å². The fourth-order valence-corrected chi connectivity index (χ4v) is 3.68. The molecule has 0 aromatic heterocycles. The third-order valence-corrected chi connectivity index (χ3v) is 5.41. The van der Waals surface area contributed by atoms with E-state index in [1.807, 2.05) is 19.1 Å². The number of hydrogen-bond donors (Lipinski definition) is 3. The number of unbranched alkanes of at least 4 members (excludes halogenated alkanes) is 1. The molecule has 192 valence electrons. The molecular weight excluding hydrogens is 448 g/mol. The molecule has 1 fully saturated rings. The zero-order chi connectivity index (χ0) is 26.2. The zero-order valence-electron chi connectivity index (χ0n) is 21.1. The summed E-state index contributed by atoms with van der Waals surface area (Å²) in [6.45, 7) is 11.4. The Bertz CT molecular complexity index is 936. The van der Waals surface area contributed by atoms with E-state index >= 15 is 0 Å². The SMILES string of the molecule is C=Cc1cccc(C(C(=O)NCCCC)N(C(=O)C(CC(N)=O)NC(=O)OC(C)(C)C)C2CC2)c1. The van der Waals surface area contributed by atoms with Gasteiger partial charge < -0.3 is 26.0 Å². The molecule has 35 heavy (non-hydrogen) atoms. The molecule has 0 saturated heterocycles. The van der Waals surface area contributed by atoms with Gasteiger partial charge in [-0.2, -0.15) is 0 Å². The van der Waals surface area contributed by atoms with Gasteiger partial charge in [0, 0.05) is 12.6 Å². The monoisotopic (exact) mass is 486 g/mol. The number of primary amides is 1. The first kappa shape index (κ1) is 27.9. The lowest BCUT2D eigenvalue weighted by Crippen LogP contribution is -2.54. The van der Waals surface area contributed by atoms with Gasteiger partial charge >= 0.3 is 6.09 Å². The first-order chi connectivity index (χ1) is 16.5. The van der Waals surface area contributed by atoms with Crippen LogP contribution in [0.2, 0.25) is 0 Å². The number of carbonyl (C=O) groups is 4. The van der Waals surface area contributed by atoms with Crippen molar-refractivity contribution in [3.05, 3.63) is 42.0 Å². The Labute approximate surface area is 207 Å². The second-order valence-electron chi connectivity index (χ2n) is 9.77. The van der Waals surface area contributed by atoms with Crippen LogP contribution < -0.4 is 16.4 Å². The lowest BCUT2D eigenvalue weighted by atomic mass is 9.99. The summed E-state index contributed by atoms with van der Waals surface area (Å²) in [7, 11) is 0. The molecule has 4 amide bonds. The van der Waals surface area contributed by atoms with Crippen LogP contribution in [0.1, 0.15) is 77.0 Å². The molecule has 1 aliphatic carbocycles. The van der Waals surface area contributed by atoms with Gasteiger partial charge in [0.25, 0.3) is 0 Å². The predicted octanol–water partition coefficient (Wildman–Crippen LogP) is 3.05. The molecule has 4 N–H and O–H groups in total. The highest BCUT2D eigenvalue weighted by Crippen LogP contribution is 2.36. The fraction of sp³-hybridized carbons (Fsp3) is 0.538. The maximum Gasteiger partial charge on any atom is 0.408 e. The number of carbonyl (C=O) groups excluding carboxylic acids is 4. The molecule has 2 atom stereocenters. The number of rotatable bonds is 12. The minimum atomic E-state index is -1.27. The summed E-state index contributed by atoms with van der Waals surface area (Å²) in [5.41, 5.74) is 6.02. The topological polar surface area (TPSA) is 131 Å². The van der Waals surface area contributed by atoms with Crippen molar-refractivity contribution in [3.8, 4) is 0 Å². The van der Waals surface area contributed by atoms with Crippen molar-refractivity contribution in [1.29, 1.82) is 0 Å². The fourth-order valence-electron chi connectivity index (χ4n) is 3.68. The third kappa shape index (κ3) is 8.73. The molecule has 0 bridgehead atoms. The zero-order valence-corrected chi connectivity index (χ0v) is 21.1.